The second-order valence-corrected chi connectivity index (χ2v) is 7.25. The van der Waals surface area contributed by atoms with Crippen LogP contribution in [0.5, 0.6) is 0 Å². The summed E-state index contributed by atoms with van der Waals surface area (Å²) in [6.45, 7) is 3.49. The number of benzene rings is 1. The fourth-order valence-corrected chi connectivity index (χ4v) is 3.30. The maximum atomic E-state index is 11.9. The van der Waals surface area contributed by atoms with Gasteiger partial charge in [-0.3, -0.25) is 9.59 Å². The molecule has 27 heavy (non-hydrogen) atoms. The average molecular weight is 396 g/mol. The van der Waals surface area contributed by atoms with Crippen LogP contribution in [0.15, 0.2) is 24.3 Å². The maximum absolute atomic E-state index is 11.9. The molecule has 1 aliphatic carbocycles. The summed E-state index contributed by atoms with van der Waals surface area (Å²) in [5, 5.41) is 9.07. The number of aryl methyl sites for hydroxylation is 2. The molecule has 5 nitrogen and oxygen atoms in total. The van der Waals surface area contributed by atoms with Crippen molar-refractivity contribution in [1.29, 1.82) is 0 Å². The van der Waals surface area contributed by atoms with Gasteiger partial charge in [0, 0.05) is 25.6 Å². The van der Waals surface area contributed by atoms with Gasteiger partial charge in [0.2, 0.25) is 11.8 Å². The number of hydrogen-bond donors (Lipinski definition) is 3. The van der Waals surface area contributed by atoms with Crippen LogP contribution in [0.25, 0.3) is 0 Å². The van der Waals surface area contributed by atoms with Crippen molar-refractivity contribution >= 4 is 24.2 Å². The molecule has 2 rings (SSSR count). The highest BCUT2D eigenvalue weighted by Gasteiger charge is 2.11. The van der Waals surface area contributed by atoms with Gasteiger partial charge in [0.15, 0.2) is 0 Å². The van der Waals surface area contributed by atoms with Crippen molar-refractivity contribution in [2.45, 2.75) is 64.3 Å². The molecule has 1 aliphatic rings. The molecule has 0 heterocycles. The minimum atomic E-state index is -0.128. The molecule has 0 aromatic heterocycles. The Kier molecular flexibility index (Phi) is 11.8. The Bertz CT molecular complexity index is 555. The zero-order valence-electron chi connectivity index (χ0n) is 16.4. The van der Waals surface area contributed by atoms with Gasteiger partial charge in [0.05, 0.1) is 6.54 Å². The van der Waals surface area contributed by atoms with Crippen LogP contribution in [0.2, 0.25) is 0 Å². The highest BCUT2D eigenvalue weighted by Crippen LogP contribution is 2.16. The van der Waals surface area contributed by atoms with Crippen LogP contribution in [0.1, 0.15) is 56.1 Å². The summed E-state index contributed by atoms with van der Waals surface area (Å²) >= 11 is 0. The summed E-state index contributed by atoms with van der Waals surface area (Å²) in [6.07, 6.45) is 8.88. The van der Waals surface area contributed by atoms with Crippen LogP contribution in [0.3, 0.4) is 0 Å². The van der Waals surface area contributed by atoms with E-state index in [9.17, 15) is 9.59 Å². The van der Waals surface area contributed by atoms with E-state index in [-0.39, 0.29) is 30.8 Å². The molecule has 3 N–H and O–H groups in total. The van der Waals surface area contributed by atoms with Crippen molar-refractivity contribution in [3.05, 3.63) is 35.4 Å². The highest BCUT2D eigenvalue weighted by molar-refractivity contribution is 5.85. The normalized spacial score (nSPS) is 14.7. The molecule has 0 spiro atoms. The molecule has 0 atom stereocenters. The van der Waals surface area contributed by atoms with E-state index in [1.165, 1.54) is 44.1 Å². The van der Waals surface area contributed by atoms with Gasteiger partial charge in [-0.25, -0.2) is 0 Å². The second-order valence-electron chi connectivity index (χ2n) is 7.25. The minimum absolute atomic E-state index is 0. The number of rotatable bonds is 9. The lowest BCUT2D eigenvalue weighted by molar-refractivity contribution is -0.126. The van der Waals surface area contributed by atoms with Crippen LogP contribution in [0, 0.1) is 6.92 Å². The molecular formula is C21H34ClN3O2. The Morgan fingerprint density at radius 2 is 1.59 bits per heavy atom. The van der Waals surface area contributed by atoms with Crippen molar-refractivity contribution in [3.63, 3.8) is 0 Å². The molecule has 0 radical (unpaired) electrons. The van der Waals surface area contributed by atoms with Crippen molar-refractivity contribution in [2.75, 3.05) is 19.6 Å². The Labute approximate surface area is 169 Å². The molecule has 1 aromatic rings. The Morgan fingerprint density at radius 3 is 2.26 bits per heavy atom. The number of carbonyl (C=O) groups is 2. The molecule has 1 fully saturated rings. The Hall–Kier alpha value is -1.59. The van der Waals surface area contributed by atoms with Gasteiger partial charge in [-0.15, -0.1) is 12.4 Å². The second kappa shape index (κ2) is 13.6. The summed E-state index contributed by atoms with van der Waals surface area (Å²) in [5.74, 6) is -0.214. The van der Waals surface area contributed by atoms with E-state index in [1.54, 1.807) is 0 Å². The van der Waals surface area contributed by atoms with E-state index in [4.69, 9.17) is 0 Å². The smallest absolute Gasteiger partial charge is 0.239 e. The van der Waals surface area contributed by atoms with Crippen molar-refractivity contribution in [3.8, 4) is 0 Å². The monoisotopic (exact) mass is 395 g/mol. The predicted octanol–water partition coefficient (Wildman–Crippen LogP) is 2.89. The number of amides is 2. The molecule has 152 valence electrons. The highest BCUT2D eigenvalue weighted by atomic mass is 35.5. The molecule has 0 aliphatic heterocycles. The van der Waals surface area contributed by atoms with Crippen LogP contribution in [-0.4, -0.2) is 37.5 Å². The topological polar surface area (TPSA) is 70.2 Å². The predicted molar refractivity (Wildman–Crippen MR) is 112 cm³/mol. The molecule has 6 heteroatoms. The molecule has 1 saturated carbocycles. The summed E-state index contributed by atoms with van der Waals surface area (Å²) in [7, 11) is 0. The average Bonchev–Trinajstić information content (AvgIpc) is 2.92. The Morgan fingerprint density at radius 1 is 0.926 bits per heavy atom. The van der Waals surface area contributed by atoms with Gasteiger partial charge >= 0.3 is 0 Å². The molecule has 0 saturated heterocycles. The SMILES string of the molecule is Cc1ccc(CCC(=O)NCC(=O)NCCNC2CCCCCC2)cc1.Cl. The first-order valence-corrected chi connectivity index (χ1v) is 9.96. The summed E-state index contributed by atoms with van der Waals surface area (Å²) < 4.78 is 0. The van der Waals surface area contributed by atoms with Gasteiger partial charge in [0.25, 0.3) is 0 Å². The molecule has 0 bridgehead atoms. The van der Waals surface area contributed by atoms with E-state index in [1.807, 2.05) is 31.2 Å². The largest absolute Gasteiger partial charge is 0.353 e. The third-order valence-corrected chi connectivity index (χ3v) is 4.94. The first-order valence-electron chi connectivity index (χ1n) is 9.96. The van der Waals surface area contributed by atoms with Gasteiger partial charge < -0.3 is 16.0 Å². The Balaban J connectivity index is 0.00000364. The number of nitrogens with one attached hydrogen (secondary N) is 3. The zero-order chi connectivity index (χ0) is 18.6. The maximum Gasteiger partial charge on any atom is 0.239 e. The number of hydrogen-bond acceptors (Lipinski definition) is 3. The van der Waals surface area contributed by atoms with Crippen LogP contribution >= 0.6 is 12.4 Å². The van der Waals surface area contributed by atoms with Gasteiger partial charge in [0.1, 0.15) is 0 Å². The standard InChI is InChI=1S/C21H33N3O2.ClH/c1-17-8-10-18(11-9-17)12-13-20(25)24-16-21(26)23-15-14-22-19-6-4-2-3-5-7-19;/h8-11,19,22H,2-7,12-16H2,1H3,(H,23,26)(H,24,25);1H. The van der Waals surface area contributed by atoms with Gasteiger partial charge in [-0.2, -0.15) is 0 Å². The van der Waals surface area contributed by atoms with Gasteiger partial charge in [-0.05, 0) is 31.7 Å². The fraction of sp³-hybridized carbons (Fsp3) is 0.619. The van der Waals surface area contributed by atoms with Crippen molar-refractivity contribution < 1.29 is 9.59 Å². The summed E-state index contributed by atoms with van der Waals surface area (Å²) in [4.78, 5) is 23.7. The number of carbonyl (C=O) groups excluding carboxylic acids is 2. The fourth-order valence-electron chi connectivity index (χ4n) is 3.30. The van der Waals surface area contributed by atoms with Crippen molar-refractivity contribution in [1.82, 2.24) is 16.0 Å². The third kappa shape index (κ3) is 10.4. The lowest BCUT2D eigenvalue weighted by atomic mass is 10.1. The zero-order valence-corrected chi connectivity index (χ0v) is 17.2. The first kappa shape index (κ1) is 23.4. The first-order chi connectivity index (χ1) is 12.6. The molecular weight excluding hydrogens is 362 g/mol. The van der Waals surface area contributed by atoms with Crippen LogP contribution in [0.4, 0.5) is 0 Å². The van der Waals surface area contributed by atoms with Crippen LogP contribution < -0.4 is 16.0 Å². The van der Waals surface area contributed by atoms with E-state index in [0.29, 0.717) is 25.4 Å². The van der Waals surface area contributed by atoms with E-state index in [2.05, 4.69) is 16.0 Å². The lowest BCUT2D eigenvalue weighted by Crippen LogP contribution is -2.41. The van der Waals surface area contributed by atoms with Gasteiger partial charge in [-0.1, -0.05) is 55.5 Å². The number of halogens is 1. The van der Waals surface area contributed by atoms with Crippen molar-refractivity contribution in [2.24, 2.45) is 0 Å². The quantitative estimate of drug-likeness (QED) is 0.444. The van der Waals surface area contributed by atoms with E-state index >= 15 is 0 Å². The lowest BCUT2D eigenvalue weighted by Gasteiger charge is -2.16. The van der Waals surface area contributed by atoms with Crippen LogP contribution in [-0.2, 0) is 16.0 Å². The molecule has 0 unspecified atom stereocenters. The van der Waals surface area contributed by atoms with E-state index < -0.39 is 0 Å². The minimum Gasteiger partial charge on any atom is -0.353 e. The summed E-state index contributed by atoms with van der Waals surface area (Å²) in [6, 6.07) is 8.76. The summed E-state index contributed by atoms with van der Waals surface area (Å²) in [5.41, 5.74) is 2.35. The van der Waals surface area contributed by atoms with E-state index in [0.717, 1.165) is 12.1 Å². The third-order valence-electron chi connectivity index (χ3n) is 4.94. The molecule has 2 amide bonds. The molecule has 1 aromatic carbocycles.